The molecule has 0 saturated carbocycles. The Morgan fingerprint density at radius 2 is 1.84 bits per heavy atom. The summed E-state index contributed by atoms with van der Waals surface area (Å²) >= 11 is 0. The number of pyridine rings is 1. The number of esters is 1. The van der Waals surface area contributed by atoms with Gasteiger partial charge >= 0.3 is 5.97 Å². The third kappa shape index (κ3) is 9.93. The number of carbonyl (C=O) groups excluding carboxylic acids is 5. The number of nitrogens with zero attached hydrogens (tertiary/aromatic N) is 5. The Labute approximate surface area is 392 Å². The van der Waals surface area contributed by atoms with E-state index >= 15 is 0 Å². The van der Waals surface area contributed by atoms with Crippen molar-refractivity contribution in [2.45, 2.75) is 98.0 Å². The molecule has 4 amide bonds. The summed E-state index contributed by atoms with van der Waals surface area (Å²) in [6.07, 6.45) is 5.62. The molecule has 3 fully saturated rings. The summed E-state index contributed by atoms with van der Waals surface area (Å²) in [6.45, 7) is 12.9. The molecule has 3 saturated heterocycles. The SMILES string of the molecule is CCn1c(-c2cnccc2COC)c2c3cc(ccc31)-c1cc(O)cc(c1)C[C@H](NC(=O)[C@H](C(C)C)N(C)C(=O)[C@H]1CCN(C(=O)C3COC3)C1)C(=O)N1CCC[C@H](N1)C(=O)OCC(C)(C)C2. The lowest BCUT2D eigenvalue weighted by atomic mass is 9.84. The molecule has 3 N–H and O–H groups in total. The van der Waals surface area contributed by atoms with Gasteiger partial charge in [0.1, 0.15) is 23.9 Å². The van der Waals surface area contributed by atoms with Crippen LogP contribution in [0.2, 0.25) is 0 Å². The van der Waals surface area contributed by atoms with E-state index < -0.39 is 47.2 Å². The molecule has 0 spiro atoms. The molecule has 0 aliphatic carbocycles. The van der Waals surface area contributed by atoms with Crippen molar-refractivity contribution >= 4 is 40.5 Å². The van der Waals surface area contributed by atoms with E-state index in [9.17, 15) is 29.1 Å². The van der Waals surface area contributed by atoms with Gasteiger partial charge in [-0.15, -0.1) is 0 Å². The highest BCUT2D eigenvalue weighted by molar-refractivity contribution is 5.96. The van der Waals surface area contributed by atoms with Gasteiger partial charge in [0.2, 0.25) is 17.7 Å². The Morgan fingerprint density at radius 3 is 2.55 bits per heavy atom. The molecule has 0 unspecified atom stereocenters. The van der Waals surface area contributed by atoms with Gasteiger partial charge in [0.25, 0.3) is 5.91 Å². The number of ether oxygens (including phenoxy) is 3. The molecule has 2 aromatic heterocycles. The highest BCUT2D eigenvalue weighted by Crippen LogP contribution is 2.41. The molecule has 67 heavy (non-hydrogen) atoms. The molecule has 2 aromatic carbocycles. The molecule has 4 atom stereocenters. The number of fused-ring (bicyclic) bond motifs is 6. The Balaban J connectivity index is 1.16. The Bertz CT molecular complexity index is 2530. The largest absolute Gasteiger partial charge is 0.508 e. The van der Waals surface area contributed by atoms with E-state index in [1.807, 2.05) is 38.2 Å². The zero-order chi connectivity index (χ0) is 47.7. The van der Waals surface area contributed by atoms with Crippen molar-refractivity contribution in [3.8, 4) is 28.1 Å². The highest BCUT2D eigenvalue weighted by Gasteiger charge is 2.42. The van der Waals surface area contributed by atoms with Crippen molar-refractivity contribution in [1.82, 2.24) is 35.1 Å². The highest BCUT2D eigenvalue weighted by atomic mass is 16.5. The third-order valence-electron chi connectivity index (χ3n) is 13.8. The predicted molar refractivity (Wildman–Crippen MR) is 251 cm³/mol. The van der Waals surface area contributed by atoms with E-state index in [0.717, 1.165) is 44.4 Å². The van der Waals surface area contributed by atoms with Crippen LogP contribution in [0, 0.1) is 23.2 Å². The van der Waals surface area contributed by atoms with E-state index in [0.29, 0.717) is 64.2 Å². The molecular formula is C51H65N7O9. The number of benzene rings is 2. The second kappa shape index (κ2) is 19.8. The maximum absolute atomic E-state index is 14.7. The number of likely N-dealkylation sites (tertiary alicyclic amines) is 1. The van der Waals surface area contributed by atoms with Crippen molar-refractivity contribution < 1.29 is 43.3 Å². The lowest BCUT2D eigenvalue weighted by molar-refractivity contribution is -0.155. The molecule has 4 aromatic rings. The number of rotatable bonds is 10. The molecule has 4 aliphatic heterocycles. The van der Waals surface area contributed by atoms with Gasteiger partial charge in [0, 0.05) is 81.0 Å². The number of hydrogen-bond donors (Lipinski definition) is 3. The number of phenolic OH excluding ortho intramolecular Hbond substituents is 1. The molecule has 8 rings (SSSR count). The van der Waals surface area contributed by atoms with E-state index in [4.69, 9.17) is 14.2 Å². The van der Waals surface area contributed by atoms with Crippen LogP contribution >= 0.6 is 0 Å². The van der Waals surface area contributed by atoms with Crippen LogP contribution in [0.3, 0.4) is 0 Å². The zero-order valence-corrected chi connectivity index (χ0v) is 39.8. The van der Waals surface area contributed by atoms with Gasteiger partial charge in [-0.3, -0.25) is 34.0 Å². The normalized spacial score (nSPS) is 21.7. The maximum atomic E-state index is 14.7. The lowest BCUT2D eigenvalue weighted by Crippen LogP contribution is -2.62. The fourth-order valence-electron chi connectivity index (χ4n) is 10.3. The molecule has 16 heteroatoms. The molecular weight excluding hydrogens is 855 g/mol. The number of aromatic nitrogens is 2. The van der Waals surface area contributed by atoms with Crippen LogP contribution in [0.15, 0.2) is 54.9 Å². The molecule has 4 aliphatic rings. The van der Waals surface area contributed by atoms with Gasteiger partial charge in [-0.2, -0.15) is 0 Å². The first kappa shape index (κ1) is 47.6. The minimum Gasteiger partial charge on any atom is -0.508 e. The lowest BCUT2D eigenvalue weighted by Gasteiger charge is -2.37. The number of hydrazine groups is 1. The Kier molecular flexibility index (Phi) is 14.1. The quantitative estimate of drug-likeness (QED) is 0.185. The standard InChI is InChI=1S/C51H65N7O9/c1-8-57-43-12-11-32-22-38(43)39(45(57)40-24-52-15-13-34(40)26-65-7)23-51(4,5)29-67-50(64)41-10-9-16-58(54-41)49(63)42(20-31-18-35(32)21-37(59)19-31)53-46(60)44(30(2)3)55(6)47(61)33-14-17-56(25-33)48(62)36-27-66-28-36/h11-13,15,18-19,21-22,24,30,33,36,41-42,44,54,59H,8-10,14,16-17,20,23,25-29H2,1-7H3,(H,53,60)/t33-,41-,42-,44-/m0/s1. The summed E-state index contributed by atoms with van der Waals surface area (Å²) in [5.74, 6) is -2.74. The fourth-order valence-corrected chi connectivity index (χ4v) is 10.3. The monoisotopic (exact) mass is 919 g/mol. The molecule has 6 heterocycles. The number of methoxy groups -OCH3 is 1. The van der Waals surface area contributed by atoms with Crippen LogP contribution in [0.5, 0.6) is 5.75 Å². The van der Waals surface area contributed by atoms with E-state index in [2.05, 4.69) is 53.2 Å². The van der Waals surface area contributed by atoms with Gasteiger partial charge in [-0.05, 0) is 96.7 Å². The molecule has 6 bridgehead atoms. The molecule has 358 valence electrons. The zero-order valence-electron chi connectivity index (χ0n) is 39.8. The summed E-state index contributed by atoms with van der Waals surface area (Å²) in [6, 6.07) is 10.5. The number of likely N-dealkylation sites (N-methyl/N-ethyl adjacent to an activating group) is 1. The second-order valence-electron chi connectivity index (χ2n) is 19.8. The summed E-state index contributed by atoms with van der Waals surface area (Å²) < 4.78 is 19.2. The van der Waals surface area contributed by atoms with Crippen LogP contribution in [0.4, 0.5) is 0 Å². The number of aromatic hydroxyl groups is 1. The van der Waals surface area contributed by atoms with Crippen LogP contribution in [-0.2, 0) is 64.2 Å². The number of hydrogen-bond acceptors (Lipinski definition) is 11. The van der Waals surface area contributed by atoms with Gasteiger partial charge < -0.3 is 39.0 Å². The van der Waals surface area contributed by atoms with Crippen molar-refractivity contribution in [3.63, 3.8) is 0 Å². The third-order valence-corrected chi connectivity index (χ3v) is 13.8. The van der Waals surface area contributed by atoms with Crippen molar-refractivity contribution in [2.24, 2.45) is 23.2 Å². The number of carbonyl (C=O) groups is 5. The number of phenols is 1. The Hall–Kier alpha value is -5.84. The first-order valence-electron chi connectivity index (χ1n) is 23.7. The Morgan fingerprint density at radius 1 is 1.04 bits per heavy atom. The van der Waals surface area contributed by atoms with Gasteiger partial charge in [-0.25, -0.2) is 5.43 Å². The fraction of sp³-hybridized carbons (Fsp3) is 0.529. The van der Waals surface area contributed by atoms with Crippen LogP contribution in [-0.4, -0.2) is 131 Å². The van der Waals surface area contributed by atoms with E-state index in [1.165, 1.54) is 9.91 Å². The van der Waals surface area contributed by atoms with Crippen LogP contribution in [0.25, 0.3) is 33.3 Å². The minimum absolute atomic E-state index is 0.00630. The number of aryl methyl sites for hydroxylation is 1. The van der Waals surface area contributed by atoms with Gasteiger partial charge in [0.15, 0.2) is 0 Å². The second-order valence-corrected chi connectivity index (χ2v) is 19.8. The van der Waals surface area contributed by atoms with Crippen LogP contribution < -0.4 is 10.7 Å². The predicted octanol–water partition coefficient (Wildman–Crippen LogP) is 4.87. The van der Waals surface area contributed by atoms with Crippen molar-refractivity contribution in [3.05, 3.63) is 71.5 Å². The van der Waals surface area contributed by atoms with Crippen LogP contribution in [0.1, 0.15) is 70.6 Å². The number of nitrogens with one attached hydrogen (secondary N) is 2. The maximum Gasteiger partial charge on any atom is 0.324 e. The summed E-state index contributed by atoms with van der Waals surface area (Å²) in [4.78, 5) is 78.0. The van der Waals surface area contributed by atoms with Gasteiger partial charge in [-0.1, -0.05) is 39.8 Å². The average Bonchev–Trinajstić information content (AvgIpc) is 3.90. The number of cyclic esters (lactones) is 1. The smallest absolute Gasteiger partial charge is 0.324 e. The number of amides is 4. The van der Waals surface area contributed by atoms with Crippen molar-refractivity contribution in [2.75, 3.05) is 53.6 Å². The van der Waals surface area contributed by atoms with E-state index in [1.54, 1.807) is 37.4 Å². The summed E-state index contributed by atoms with van der Waals surface area (Å²) in [5, 5.41) is 16.7. The first-order valence-corrected chi connectivity index (χ1v) is 23.7. The molecule has 16 nitrogen and oxygen atoms in total. The molecule has 0 radical (unpaired) electrons. The van der Waals surface area contributed by atoms with Gasteiger partial charge in [0.05, 0.1) is 44.0 Å². The van der Waals surface area contributed by atoms with E-state index in [-0.39, 0.29) is 55.5 Å². The topological polar surface area (TPSA) is 185 Å². The minimum atomic E-state index is -1.16. The first-order chi connectivity index (χ1) is 32.1. The summed E-state index contributed by atoms with van der Waals surface area (Å²) in [5.41, 5.74) is 9.75. The van der Waals surface area contributed by atoms with Crippen molar-refractivity contribution in [1.29, 1.82) is 0 Å². The summed E-state index contributed by atoms with van der Waals surface area (Å²) in [7, 11) is 3.27. The average molecular weight is 920 g/mol.